The van der Waals surface area contributed by atoms with Crippen LogP contribution in [0.15, 0.2) is 53.3 Å². The molecule has 0 unspecified atom stereocenters. The fourth-order valence-electron chi connectivity index (χ4n) is 2.80. The molecule has 0 saturated heterocycles. The van der Waals surface area contributed by atoms with Crippen molar-refractivity contribution < 1.29 is 9.53 Å². The van der Waals surface area contributed by atoms with Gasteiger partial charge in [0.05, 0.1) is 23.2 Å². The standard InChI is InChI=1S/C20H22N2O3/c1-14(2)15-8-10-16(11-9-15)19(23)25-13-5-12-22-18-7-4-3-6-17(18)21-20(22)24/h3-4,6-11,14H,5,12-13H2,1-2H3,(H,21,24). The fourth-order valence-corrected chi connectivity index (χ4v) is 2.80. The van der Waals surface area contributed by atoms with Gasteiger partial charge in [-0.05, 0) is 42.2 Å². The lowest BCUT2D eigenvalue weighted by Gasteiger charge is -2.08. The molecule has 0 bridgehead atoms. The number of nitrogens with one attached hydrogen (secondary N) is 1. The zero-order valence-corrected chi connectivity index (χ0v) is 14.5. The van der Waals surface area contributed by atoms with Crippen LogP contribution in [0.5, 0.6) is 0 Å². The van der Waals surface area contributed by atoms with Crippen molar-refractivity contribution in [3.63, 3.8) is 0 Å². The number of rotatable bonds is 6. The fraction of sp³-hybridized carbons (Fsp3) is 0.300. The van der Waals surface area contributed by atoms with Crippen molar-refractivity contribution in [2.24, 2.45) is 0 Å². The summed E-state index contributed by atoms with van der Waals surface area (Å²) in [5.41, 5.74) is 3.28. The highest BCUT2D eigenvalue weighted by molar-refractivity contribution is 5.89. The molecule has 0 radical (unpaired) electrons. The van der Waals surface area contributed by atoms with Gasteiger partial charge in [-0.1, -0.05) is 38.1 Å². The maximum absolute atomic E-state index is 12.1. The topological polar surface area (TPSA) is 64.1 Å². The molecule has 0 saturated carbocycles. The van der Waals surface area contributed by atoms with Crippen molar-refractivity contribution in [3.05, 3.63) is 70.1 Å². The van der Waals surface area contributed by atoms with Gasteiger partial charge in [-0.3, -0.25) is 4.57 Å². The lowest BCUT2D eigenvalue weighted by molar-refractivity contribution is 0.0496. The molecule has 0 aliphatic carbocycles. The number of aryl methyl sites for hydroxylation is 1. The van der Waals surface area contributed by atoms with E-state index in [-0.39, 0.29) is 18.3 Å². The van der Waals surface area contributed by atoms with Crippen LogP contribution in [0.2, 0.25) is 0 Å². The number of hydrogen-bond donors (Lipinski definition) is 1. The summed E-state index contributed by atoms with van der Waals surface area (Å²) < 4.78 is 6.98. The Morgan fingerprint density at radius 2 is 1.84 bits per heavy atom. The van der Waals surface area contributed by atoms with Gasteiger partial charge in [-0.2, -0.15) is 0 Å². The molecule has 5 nitrogen and oxygen atoms in total. The Morgan fingerprint density at radius 1 is 1.12 bits per heavy atom. The number of para-hydroxylation sites is 2. The summed E-state index contributed by atoms with van der Waals surface area (Å²) in [4.78, 5) is 26.9. The van der Waals surface area contributed by atoms with Crippen LogP contribution in [-0.2, 0) is 11.3 Å². The molecule has 25 heavy (non-hydrogen) atoms. The summed E-state index contributed by atoms with van der Waals surface area (Å²) in [6, 6.07) is 15.0. The molecule has 3 rings (SSSR count). The second-order valence-electron chi connectivity index (χ2n) is 6.37. The van der Waals surface area contributed by atoms with Crippen molar-refractivity contribution in [3.8, 4) is 0 Å². The van der Waals surface area contributed by atoms with E-state index in [1.807, 2.05) is 36.4 Å². The second-order valence-corrected chi connectivity index (χ2v) is 6.37. The van der Waals surface area contributed by atoms with Crippen LogP contribution >= 0.6 is 0 Å². The average molecular weight is 338 g/mol. The van der Waals surface area contributed by atoms with Gasteiger partial charge in [-0.25, -0.2) is 9.59 Å². The smallest absolute Gasteiger partial charge is 0.338 e. The first-order valence-electron chi connectivity index (χ1n) is 8.51. The minimum atomic E-state index is -0.332. The molecule has 2 aromatic carbocycles. The highest BCUT2D eigenvalue weighted by Gasteiger charge is 2.09. The Balaban J connectivity index is 1.55. The highest BCUT2D eigenvalue weighted by atomic mass is 16.5. The number of carbonyl (C=O) groups excluding carboxylic acids is 1. The van der Waals surface area contributed by atoms with Crippen molar-refractivity contribution in [2.45, 2.75) is 32.7 Å². The van der Waals surface area contributed by atoms with Crippen LogP contribution in [0.25, 0.3) is 11.0 Å². The highest BCUT2D eigenvalue weighted by Crippen LogP contribution is 2.15. The van der Waals surface area contributed by atoms with E-state index in [1.54, 1.807) is 16.7 Å². The van der Waals surface area contributed by atoms with Crippen molar-refractivity contribution >= 4 is 17.0 Å². The zero-order valence-electron chi connectivity index (χ0n) is 14.5. The van der Waals surface area contributed by atoms with Crippen LogP contribution < -0.4 is 5.69 Å². The van der Waals surface area contributed by atoms with Crippen LogP contribution in [0.3, 0.4) is 0 Å². The first-order chi connectivity index (χ1) is 12.1. The Labute approximate surface area is 146 Å². The molecule has 1 N–H and O–H groups in total. The van der Waals surface area contributed by atoms with E-state index in [2.05, 4.69) is 18.8 Å². The second kappa shape index (κ2) is 7.38. The number of ether oxygens (including phenoxy) is 1. The summed E-state index contributed by atoms with van der Waals surface area (Å²) in [5, 5.41) is 0. The van der Waals surface area contributed by atoms with E-state index in [0.717, 1.165) is 11.0 Å². The number of H-pyrrole nitrogens is 1. The Kier molecular flexibility index (Phi) is 5.03. The quantitative estimate of drug-likeness (QED) is 0.550. The molecule has 0 fully saturated rings. The van der Waals surface area contributed by atoms with E-state index in [4.69, 9.17) is 4.74 Å². The van der Waals surface area contributed by atoms with Crippen LogP contribution in [0.1, 0.15) is 42.1 Å². The molecule has 3 aromatic rings. The summed E-state index contributed by atoms with van der Waals surface area (Å²) in [5.74, 6) is 0.0983. The van der Waals surface area contributed by atoms with E-state index >= 15 is 0 Å². The third kappa shape index (κ3) is 3.82. The van der Waals surface area contributed by atoms with Crippen LogP contribution in [0.4, 0.5) is 0 Å². The molecule has 130 valence electrons. The number of fused-ring (bicyclic) bond motifs is 1. The molecular weight excluding hydrogens is 316 g/mol. The Morgan fingerprint density at radius 3 is 2.56 bits per heavy atom. The Bertz CT molecular complexity index is 920. The third-order valence-corrected chi connectivity index (χ3v) is 4.25. The predicted octanol–water partition coefficient (Wildman–Crippen LogP) is 3.70. The minimum Gasteiger partial charge on any atom is -0.462 e. The lowest BCUT2D eigenvalue weighted by Crippen LogP contribution is -2.18. The Hall–Kier alpha value is -2.82. The maximum atomic E-state index is 12.1. The summed E-state index contributed by atoms with van der Waals surface area (Å²) in [6.07, 6.45) is 0.581. The van der Waals surface area contributed by atoms with Gasteiger partial charge < -0.3 is 9.72 Å². The van der Waals surface area contributed by atoms with Crippen molar-refractivity contribution in [1.82, 2.24) is 9.55 Å². The summed E-state index contributed by atoms with van der Waals surface area (Å²) >= 11 is 0. The molecule has 0 aliphatic heterocycles. The number of aromatic amines is 1. The normalized spacial score (nSPS) is 11.2. The number of hydrogen-bond acceptors (Lipinski definition) is 3. The van der Waals surface area contributed by atoms with Crippen molar-refractivity contribution in [2.75, 3.05) is 6.61 Å². The predicted molar refractivity (Wildman–Crippen MR) is 98.0 cm³/mol. The molecule has 0 amide bonds. The van der Waals surface area contributed by atoms with E-state index in [0.29, 0.717) is 24.4 Å². The molecule has 1 aromatic heterocycles. The van der Waals surface area contributed by atoms with Gasteiger partial charge in [0.15, 0.2) is 0 Å². The molecular formula is C20H22N2O3. The summed E-state index contributed by atoms with van der Waals surface area (Å²) in [6.45, 7) is 5.00. The van der Waals surface area contributed by atoms with Crippen molar-refractivity contribution in [1.29, 1.82) is 0 Å². The zero-order chi connectivity index (χ0) is 17.8. The molecule has 0 aliphatic rings. The van der Waals surface area contributed by atoms with E-state index in [9.17, 15) is 9.59 Å². The SMILES string of the molecule is CC(C)c1ccc(C(=O)OCCCn2c(=O)[nH]c3ccccc32)cc1. The largest absolute Gasteiger partial charge is 0.462 e. The first kappa shape index (κ1) is 17.0. The van der Waals surface area contributed by atoms with Crippen LogP contribution in [0, 0.1) is 0 Å². The third-order valence-electron chi connectivity index (χ3n) is 4.25. The lowest BCUT2D eigenvalue weighted by atomic mass is 10.0. The number of esters is 1. The summed E-state index contributed by atoms with van der Waals surface area (Å²) in [7, 11) is 0. The number of benzene rings is 2. The molecule has 0 atom stereocenters. The van der Waals surface area contributed by atoms with E-state index < -0.39 is 0 Å². The number of carbonyl (C=O) groups is 1. The number of aromatic nitrogens is 2. The minimum absolute atomic E-state index is 0.142. The van der Waals surface area contributed by atoms with Gasteiger partial charge in [0.1, 0.15) is 0 Å². The molecule has 0 spiro atoms. The van der Waals surface area contributed by atoms with Gasteiger partial charge in [-0.15, -0.1) is 0 Å². The van der Waals surface area contributed by atoms with Gasteiger partial charge >= 0.3 is 11.7 Å². The van der Waals surface area contributed by atoms with Gasteiger partial charge in [0.2, 0.25) is 0 Å². The maximum Gasteiger partial charge on any atom is 0.338 e. The monoisotopic (exact) mass is 338 g/mol. The van der Waals surface area contributed by atoms with Crippen LogP contribution in [-0.4, -0.2) is 22.1 Å². The number of imidazole rings is 1. The average Bonchev–Trinajstić information content (AvgIpc) is 2.94. The van der Waals surface area contributed by atoms with Gasteiger partial charge in [0, 0.05) is 6.54 Å². The first-order valence-corrected chi connectivity index (χ1v) is 8.51. The molecule has 1 heterocycles. The van der Waals surface area contributed by atoms with E-state index in [1.165, 1.54) is 5.56 Å². The number of nitrogens with zero attached hydrogens (tertiary/aromatic N) is 1. The van der Waals surface area contributed by atoms with Gasteiger partial charge in [0.25, 0.3) is 0 Å². The molecule has 5 heteroatoms.